The summed E-state index contributed by atoms with van der Waals surface area (Å²) in [5.74, 6) is 0. The van der Waals surface area contributed by atoms with E-state index in [-0.39, 0.29) is 5.54 Å². The molecule has 1 unspecified atom stereocenters. The third-order valence-electron chi connectivity index (χ3n) is 4.14. The van der Waals surface area contributed by atoms with Crippen LogP contribution in [-0.2, 0) is 0 Å². The normalized spacial score (nSPS) is 20.8. The zero-order valence-corrected chi connectivity index (χ0v) is 14.9. The van der Waals surface area contributed by atoms with E-state index in [4.69, 9.17) is 0 Å². The molecule has 1 atom stereocenters. The van der Waals surface area contributed by atoms with Crippen molar-refractivity contribution in [2.24, 2.45) is 0 Å². The Bertz CT molecular complexity index is 548. The Morgan fingerprint density at radius 3 is 2.52 bits per heavy atom. The van der Waals surface area contributed by atoms with Gasteiger partial charge in [0.05, 0.1) is 11.2 Å². The van der Waals surface area contributed by atoms with Gasteiger partial charge in [-0.15, -0.1) is 11.8 Å². The molecule has 21 heavy (non-hydrogen) atoms. The van der Waals surface area contributed by atoms with Crippen LogP contribution in [0, 0.1) is 0 Å². The summed E-state index contributed by atoms with van der Waals surface area (Å²) in [6.07, 6.45) is 6.74. The summed E-state index contributed by atoms with van der Waals surface area (Å²) in [5, 5.41) is 7.30. The third-order valence-corrected chi connectivity index (χ3v) is 4.90. The van der Waals surface area contributed by atoms with E-state index in [0.29, 0.717) is 6.04 Å². The van der Waals surface area contributed by atoms with Crippen LogP contribution in [0.5, 0.6) is 0 Å². The van der Waals surface area contributed by atoms with E-state index in [0.717, 1.165) is 12.8 Å². The number of hydrogen-bond donors (Lipinski definition) is 2. The van der Waals surface area contributed by atoms with Crippen molar-refractivity contribution in [3.63, 3.8) is 0 Å². The molecule has 3 heteroatoms. The minimum absolute atomic E-state index is 0.0653. The predicted molar refractivity (Wildman–Crippen MR) is 97.6 cm³/mol. The summed E-state index contributed by atoms with van der Waals surface area (Å²) in [6, 6.07) is 5.02. The topological polar surface area (TPSA) is 24.1 Å². The lowest BCUT2D eigenvalue weighted by atomic mass is 9.86. The van der Waals surface area contributed by atoms with Gasteiger partial charge in [-0.25, -0.2) is 0 Å². The van der Waals surface area contributed by atoms with Crippen LogP contribution in [0.2, 0.25) is 0 Å². The van der Waals surface area contributed by atoms with Crippen LogP contribution in [0.3, 0.4) is 0 Å². The first-order chi connectivity index (χ1) is 9.92. The fourth-order valence-corrected chi connectivity index (χ4v) is 3.45. The van der Waals surface area contributed by atoms with Gasteiger partial charge in [0.1, 0.15) is 0 Å². The monoisotopic (exact) mass is 304 g/mol. The molecule has 0 saturated carbocycles. The number of fused-ring (bicyclic) bond motifs is 1. The Labute approximate surface area is 133 Å². The van der Waals surface area contributed by atoms with Crippen molar-refractivity contribution in [1.82, 2.24) is 0 Å². The maximum Gasteiger partial charge on any atom is 0.0562 e. The van der Waals surface area contributed by atoms with Crippen molar-refractivity contribution in [3.05, 3.63) is 23.8 Å². The SMILES string of the molecule is CCC1=CC(C)(CC)Nc2c(SC)cc(NC(C)C)cc21. The molecule has 1 aromatic carbocycles. The molecule has 1 aromatic rings. The van der Waals surface area contributed by atoms with Crippen LogP contribution in [0.15, 0.2) is 23.1 Å². The Morgan fingerprint density at radius 2 is 2.00 bits per heavy atom. The average molecular weight is 305 g/mol. The summed E-state index contributed by atoms with van der Waals surface area (Å²) < 4.78 is 0. The molecule has 0 radical (unpaired) electrons. The molecular formula is C18H28N2S. The highest BCUT2D eigenvalue weighted by Gasteiger charge is 2.28. The van der Waals surface area contributed by atoms with Crippen molar-refractivity contribution in [2.45, 2.75) is 63.9 Å². The average Bonchev–Trinajstić information content (AvgIpc) is 2.45. The van der Waals surface area contributed by atoms with Gasteiger partial charge in [0.25, 0.3) is 0 Å². The third kappa shape index (κ3) is 3.39. The smallest absolute Gasteiger partial charge is 0.0562 e. The predicted octanol–water partition coefficient (Wildman–Crippen LogP) is 5.62. The molecule has 0 amide bonds. The molecule has 116 valence electrons. The van der Waals surface area contributed by atoms with E-state index in [1.165, 1.54) is 27.4 Å². The van der Waals surface area contributed by atoms with Crippen molar-refractivity contribution in [2.75, 3.05) is 16.9 Å². The molecule has 0 aromatic heterocycles. The van der Waals surface area contributed by atoms with E-state index in [2.05, 4.69) is 69.7 Å². The maximum atomic E-state index is 3.76. The van der Waals surface area contributed by atoms with Crippen LogP contribution in [0.1, 0.15) is 53.0 Å². The zero-order valence-electron chi connectivity index (χ0n) is 14.1. The Morgan fingerprint density at radius 1 is 1.29 bits per heavy atom. The Balaban J connectivity index is 2.56. The van der Waals surface area contributed by atoms with E-state index in [1.54, 1.807) is 0 Å². The van der Waals surface area contributed by atoms with Crippen molar-refractivity contribution < 1.29 is 0 Å². The van der Waals surface area contributed by atoms with E-state index < -0.39 is 0 Å². The van der Waals surface area contributed by atoms with Gasteiger partial charge in [-0.1, -0.05) is 19.9 Å². The first kappa shape index (κ1) is 16.3. The minimum atomic E-state index is 0.0653. The van der Waals surface area contributed by atoms with Crippen molar-refractivity contribution in [1.29, 1.82) is 0 Å². The largest absolute Gasteiger partial charge is 0.383 e. The molecule has 2 rings (SSSR count). The summed E-state index contributed by atoms with van der Waals surface area (Å²) in [4.78, 5) is 1.33. The number of benzene rings is 1. The van der Waals surface area contributed by atoms with Gasteiger partial charge in [-0.3, -0.25) is 0 Å². The quantitative estimate of drug-likeness (QED) is 0.691. The van der Waals surface area contributed by atoms with Gasteiger partial charge in [0, 0.05) is 22.2 Å². The fraction of sp³-hybridized carbons (Fsp3) is 0.556. The summed E-state index contributed by atoms with van der Waals surface area (Å²) in [7, 11) is 0. The van der Waals surface area contributed by atoms with E-state index in [1.807, 2.05) is 11.8 Å². The first-order valence-corrected chi connectivity index (χ1v) is 9.13. The van der Waals surface area contributed by atoms with Gasteiger partial charge in [-0.05, 0) is 57.6 Å². The lowest BCUT2D eigenvalue weighted by molar-refractivity contribution is 0.605. The number of hydrogen-bond acceptors (Lipinski definition) is 3. The minimum Gasteiger partial charge on any atom is -0.383 e. The molecule has 0 aliphatic carbocycles. The molecule has 1 heterocycles. The Hall–Kier alpha value is -1.09. The van der Waals surface area contributed by atoms with Gasteiger partial charge in [-0.2, -0.15) is 0 Å². The second-order valence-corrected chi connectivity index (χ2v) is 7.17. The lowest BCUT2D eigenvalue weighted by Gasteiger charge is -2.36. The highest BCUT2D eigenvalue weighted by molar-refractivity contribution is 7.98. The van der Waals surface area contributed by atoms with Gasteiger partial charge in [0.15, 0.2) is 0 Å². The number of allylic oxidation sites excluding steroid dienone is 1. The molecule has 1 aliphatic heterocycles. The highest BCUT2D eigenvalue weighted by atomic mass is 32.2. The molecule has 0 bridgehead atoms. The molecular weight excluding hydrogens is 276 g/mol. The fourth-order valence-electron chi connectivity index (χ4n) is 2.84. The second-order valence-electron chi connectivity index (χ2n) is 6.32. The molecule has 0 spiro atoms. The van der Waals surface area contributed by atoms with E-state index in [9.17, 15) is 0 Å². The number of rotatable bonds is 5. The van der Waals surface area contributed by atoms with Crippen LogP contribution in [0.4, 0.5) is 11.4 Å². The summed E-state index contributed by atoms with van der Waals surface area (Å²) >= 11 is 1.82. The van der Waals surface area contributed by atoms with Crippen LogP contribution < -0.4 is 10.6 Å². The highest BCUT2D eigenvalue weighted by Crippen LogP contribution is 2.43. The standard InChI is InChI=1S/C18H28N2S/c1-7-13-11-18(5,8-2)20-17-15(13)9-14(19-12(3)4)10-16(17)21-6/h9-12,19-20H,7-8H2,1-6H3. The van der Waals surface area contributed by atoms with Crippen LogP contribution in [-0.4, -0.2) is 17.8 Å². The second kappa shape index (κ2) is 6.35. The molecule has 0 saturated heterocycles. The Kier molecular flexibility index (Phi) is 4.92. The number of thioether (sulfide) groups is 1. The molecule has 0 fully saturated rings. The first-order valence-electron chi connectivity index (χ1n) is 7.91. The van der Waals surface area contributed by atoms with Crippen LogP contribution >= 0.6 is 11.8 Å². The van der Waals surface area contributed by atoms with Crippen molar-refractivity contribution in [3.8, 4) is 0 Å². The van der Waals surface area contributed by atoms with Crippen molar-refractivity contribution >= 4 is 28.7 Å². The molecule has 1 aliphatic rings. The zero-order chi connectivity index (χ0) is 15.6. The van der Waals surface area contributed by atoms with Crippen LogP contribution in [0.25, 0.3) is 5.57 Å². The van der Waals surface area contributed by atoms with Gasteiger partial charge < -0.3 is 10.6 Å². The van der Waals surface area contributed by atoms with Gasteiger partial charge >= 0.3 is 0 Å². The summed E-state index contributed by atoms with van der Waals surface area (Å²) in [6.45, 7) is 11.1. The lowest BCUT2D eigenvalue weighted by Crippen LogP contribution is -2.35. The van der Waals surface area contributed by atoms with E-state index >= 15 is 0 Å². The summed E-state index contributed by atoms with van der Waals surface area (Å²) in [5.41, 5.74) is 5.40. The molecule has 2 N–H and O–H groups in total. The number of nitrogens with one attached hydrogen (secondary N) is 2. The van der Waals surface area contributed by atoms with Gasteiger partial charge in [0.2, 0.25) is 0 Å². The molecule has 2 nitrogen and oxygen atoms in total. The number of anilines is 2. The maximum absolute atomic E-state index is 3.76.